The maximum atomic E-state index is 13.0. The van der Waals surface area contributed by atoms with E-state index >= 15 is 0 Å². The smallest absolute Gasteiger partial charge is 0.255 e. The number of hydrogen-bond donors (Lipinski definition) is 1. The lowest BCUT2D eigenvalue weighted by Crippen LogP contribution is -2.44. The lowest BCUT2D eigenvalue weighted by molar-refractivity contribution is -0.119. The Labute approximate surface area is 173 Å². The number of benzene rings is 2. The molecule has 7 heteroatoms. The minimum atomic E-state index is -0.474. The molecule has 1 aliphatic heterocycles. The van der Waals surface area contributed by atoms with Gasteiger partial charge in [0.2, 0.25) is 5.91 Å². The number of thioether (sulfide) groups is 1. The third-order valence-electron chi connectivity index (χ3n) is 4.87. The van der Waals surface area contributed by atoms with E-state index in [2.05, 4.69) is 10.4 Å². The van der Waals surface area contributed by atoms with E-state index in [1.54, 1.807) is 22.9 Å². The molecular weight excluding hydrogens is 384 g/mol. The molecule has 2 heterocycles. The van der Waals surface area contributed by atoms with Crippen molar-refractivity contribution in [2.24, 2.45) is 0 Å². The number of amides is 2. The number of nitrogens with zero attached hydrogens (tertiary/aromatic N) is 3. The first-order chi connectivity index (χ1) is 14.1. The molecule has 1 saturated heterocycles. The van der Waals surface area contributed by atoms with Crippen LogP contribution in [0.2, 0.25) is 0 Å². The second-order valence-corrected chi connectivity index (χ2v) is 8.05. The molecule has 148 valence electrons. The van der Waals surface area contributed by atoms with Crippen molar-refractivity contribution in [2.75, 3.05) is 16.9 Å². The van der Waals surface area contributed by atoms with Gasteiger partial charge in [-0.3, -0.25) is 14.3 Å². The molecule has 1 unspecified atom stereocenters. The second-order valence-electron chi connectivity index (χ2n) is 7.05. The Morgan fingerprint density at radius 1 is 1.14 bits per heavy atom. The monoisotopic (exact) mass is 406 g/mol. The summed E-state index contributed by atoms with van der Waals surface area (Å²) in [6.45, 7) is 2.66. The van der Waals surface area contributed by atoms with E-state index in [-0.39, 0.29) is 11.8 Å². The van der Waals surface area contributed by atoms with Crippen LogP contribution in [-0.4, -0.2) is 44.2 Å². The predicted octanol–water partition coefficient (Wildman–Crippen LogP) is 3.39. The van der Waals surface area contributed by atoms with Crippen LogP contribution in [-0.2, 0) is 11.3 Å². The maximum absolute atomic E-state index is 13.0. The lowest BCUT2D eigenvalue weighted by Gasteiger charge is -2.23. The summed E-state index contributed by atoms with van der Waals surface area (Å²) < 4.78 is 1.83. The second kappa shape index (κ2) is 8.53. The van der Waals surface area contributed by atoms with E-state index in [1.807, 2.05) is 72.4 Å². The van der Waals surface area contributed by atoms with E-state index in [4.69, 9.17) is 0 Å². The Bertz CT molecular complexity index is 985. The average Bonchev–Trinajstić information content (AvgIpc) is 3.42. The van der Waals surface area contributed by atoms with Crippen LogP contribution in [0.5, 0.6) is 0 Å². The normalized spacial score (nSPS) is 16.0. The number of carbonyl (C=O) groups excluding carboxylic acids is 2. The van der Waals surface area contributed by atoms with Gasteiger partial charge in [0.1, 0.15) is 6.04 Å². The van der Waals surface area contributed by atoms with Gasteiger partial charge < -0.3 is 10.2 Å². The highest BCUT2D eigenvalue weighted by Gasteiger charge is 2.35. The Balaban J connectivity index is 1.43. The fraction of sp³-hybridized carbons (Fsp3) is 0.227. The third-order valence-corrected chi connectivity index (χ3v) is 5.88. The van der Waals surface area contributed by atoms with Crippen molar-refractivity contribution in [1.82, 2.24) is 14.7 Å². The first-order valence-corrected chi connectivity index (χ1v) is 10.6. The Morgan fingerprint density at radius 3 is 2.59 bits per heavy atom. The first-order valence-electron chi connectivity index (χ1n) is 9.43. The van der Waals surface area contributed by atoms with Crippen molar-refractivity contribution in [3.8, 4) is 0 Å². The largest absolute Gasteiger partial charge is 0.324 e. The number of nitrogens with one attached hydrogen (secondary N) is 1. The summed E-state index contributed by atoms with van der Waals surface area (Å²) in [6, 6.07) is 16.6. The molecule has 1 aromatic heterocycles. The lowest BCUT2D eigenvalue weighted by atomic mass is 10.1. The molecule has 0 radical (unpaired) electrons. The molecule has 6 nitrogen and oxygen atoms in total. The van der Waals surface area contributed by atoms with Gasteiger partial charge in [-0.05, 0) is 42.8 Å². The maximum Gasteiger partial charge on any atom is 0.255 e. The quantitative estimate of drug-likeness (QED) is 0.705. The van der Waals surface area contributed by atoms with E-state index in [9.17, 15) is 9.59 Å². The molecule has 0 spiro atoms. The van der Waals surface area contributed by atoms with Crippen molar-refractivity contribution in [2.45, 2.75) is 19.5 Å². The zero-order valence-corrected chi connectivity index (χ0v) is 16.9. The van der Waals surface area contributed by atoms with Gasteiger partial charge in [0.15, 0.2) is 0 Å². The van der Waals surface area contributed by atoms with Gasteiger partial charge in [-0.25, -0.2) is 0 Å². The Morgan fingerprint density at radius 2 is 1.90 bits per heavy atom. The summed E-state index contributed by atoms with van der Waals surface area (Å²) in [5.41, 5.74) is 3.53. The number of aryl methyl sites for hydroxylation is 1. The molecule has 1 fully saturated rings. The fourth-order valence-corrected chi connectivity index (χ4v) is 4.38. The average molecular weight is 407 g/mol. The van der Waals surface area contributed by atoms with Crippen molar-refractivity contribution in [1.29, 1.82) is 0 Å². The number of hydrogen-bond acceptors (Lipinski definition) is 4. The van der Waals surface area contributed by atoms with Gasteiger partial charge in [0.25, 0.3) is 5.91 Å². The zero-order chi connectivity index (χ0) is 20.2. The van der Waals surface area contributed by atoms with Gasteiger partial charge >= 0.3 is 0 Å². The van der Waals surface area contributed by atoms with Gasteiger partial charge in [0, 0.05) is 29.4 Å². The Hall–Kier alpha value is -3.06. The summed E-state index contributed by atoms with van der Waals surface area (Å²) in [4.78, 5) is 27.4. The first kappa shape index (κ1) is 19.3. The SMILES string of the molecule is Cc1ccc(NC(=O)C2CSCN2C(=O)c2ccc(Cn3cccn3)cc2)cc1. The topological polar surface area (TPSA) is 67.2 Å². The van der Waals surface area contributed by atoms with E-state index < -0.39 is 6.04 Å². The van der Waals surface area contributed by atoms with Crippen LogP contribution >= 0.6 is 11.8 Å². The molecule has 29 heavy (non-hydrogen) atoms. The highest BCUT2D eigenvalue weighted by molar-refractivity contribution is 7.99. The molecule has 1 aliphatic rings. The van der Waals surface area contributed by atoms with Crippen LogP contribution in [0.25, 0.3) is 0 Å². The molecule has 3 aromatic rings. The molecule has 0 saturated carbocycles. The summed E-state index contributed by atoms with van der Waals surface area (Å²) in [5, 5.41) is 7.12. The molecule has 2 aromatic carbocycles. The minimum absolute atomic E-state index is 0.121. The van der Waals surface area contributed by atoms with Crippen LogP contribution in [0.15, 0.2) is 67.0 Å². The molecular formula is C22H22N4O2S. The Kier molecular flexibility index (Phi) is 5.67. The molecule has 0 bridgehead atoms. The van der Waals surface area contributed by atoms with Crippen molar-refractivity contribution < 1.29 is 9.59 Å². The molecule has 1 atom stereocenters. The standard InChI is InChI=1S/C22H22N4O2S/c1-16-3-9-19(10-4-16)24-21(27)20-14-29-15-26(20)22(28)18-7-5-17(6-8-18)13-25-12-2-11-23-25/h2-12,20H,13-15H2,1H3,(H,24,27). The van der Waals surface area contributed by atoms with Crippen LogP contribution in [0.4, 0.5) is 5.69 Å². The number of aromatic nitrogens is 2. The summed E-state index contributed by atoms with van der Waals surface area (Å²) >= 11 is 1.59. The summed E-state index contributed by atoms with van der Waals surface area (Å²) in [7, 11) is 0. The van der Waals surface area contributed by atoms with Gasteiger partial charge in [-0.2, -0.15) is 5.10 Å². The van der Waals surface area contributed by atoms with Gasteiger partial charge in [-0.15, -0.1) is 11.8 Å². The molecule has 0 aliphatic carbocycles. The molecule has 4 rings (SSSR count). The van der Waals surface area contributed by atoms with Gasteiger partial charge in [-0.1, -0.05) is 29.8 Å². The van der Waals surface area contributed by atoms with Crippen LogP contribution in [0.3, 0.4) is 0 Å². The van der Waals surface area contributed by atoms with E-state index in [1.165, 1.54) is 0 Å². The number of anilines is 1. The van der Waals surface area contributed by atoms with Gasteiger partial charge in [0.05, 0.1) is 12.4 Å². The summed E-state index contributed by atoms with van der Waals surface area (Å²) in [6.07, 6.45) is 3.64. The minimum Gasteiger partial charge on any atom is -0.324 e. The molecule has 2 amide bonds. The third kappa shape index (κ3) is 4.51. The van der Waals surface area contributed by atoms with Crippen molar-refractivity contribution >= 4 is 29.3 Å². The van der Waals surface area contributed by atoms with Crippen LogP contribution < -0.4 is 5.32 Å². The zero-order valence-electron chi connectivity index (χ0n) is 16.1. The van der Waals surface area contributed by atoms with Crippen LogP contribution in [0.1, 0.15) is 21.5 Å². The number of rotatable bonds is 5. The van der Waals surface area contributed by atoms with E-state index in [0.717, 1.165) is 16.8 Å². The summed E-state index contributed by atoms with van der Waals surface area (Å²) in [5.74, 6) is 0.841. The highest BCUT2D eigenvalue weighted by Crippen LogP contribution is 2.24. The highest BCUT2D eigenvalue weighted by atomic mass is 32.2. The fourth-order valence-electron chi connectivity index (χ4n) is 3.22. The van der Waals surface area contributed by atoms with E-state index in [0.29, 0.717) is 23.7 Å². The molecule has 1 N–H and O–H groups in total. The van der Waals surface area contributed by atoms with Crippen molar-refractivity contribution in [3.05, 3.63) is 83.7 Å². The predicted molar refractivity (Wildman–Crippen MR) is 115 cm³/mol. The number of carbonyl (C=O) groups is 2. The van der Waals surface area contributed by atoms with Crippen LogP contribution in [0, 0.1) is 6.92 Å². The van der Waals surface area contributed by atoms with Crippen molar-refractivity contribution in [3.63, 3.8) is 0 Å².